The second-order valence-corrected chi connectivity index (χ2v) is 15.6. The summed E-state index contributed by atoms with van der Waals surface area (Å²) in [5.41, 5.74) is 3.41. The smallest absolute Gasteiger partial charge is 0.288 e. The minimum absolute atomic E-state index is 0.187. The zero-order valence-electron chi connectivity index (χ0n) is 26.1. The van der Waals surface area contributed by atoms with Crippen LogP contribution >= 0.6 is 0 Å². The van der Waals surface area contributed by atoms with Gasteiger partial charge in [0.05, 0.1) is 6.10 Å². The van der Waals surface area contributed by atoms with Gasteiger partial charge in [-0.3, -0.25) is 0 Å². The molecule has 5 aromatic carbocycles. The maximum absolute atomic E-state index is 7.96. The minimum Gasteiger partial charge on any atom is -0.397 e. The van der Waals surface area contributed by atoms with Gasteiger partial charge in [0.25, 0.3) is 8.32 Å². The van der Waals surface area contributed by atoms with Crippen molar-refractivity contribution in [3.05, 3.63) is 188 Å². The van der Waals surface area contributed by atoms with Crippen molar-refractivity contribution in [1.82, 2.24) is 0 Å². The summed E-state index contributed by atoms with van der Waals surface area (Å²) in [6, 6.07) is 54.3. The van der Waals surface area contributed by atoms with E-state index < -0.39 is 8.32 Å². The van der Waals surface area contributed by atoms with E-state index in [1.807, 2.05) is 6.08 Å². The zero-order valence-corrected chi connectivity index (χ0v) is 27.1. The van der Waals surface area contributed by atoms with E-state index in [-0.39, 0.29) is 17.4 Å². The van der Waals surface area contributed by atoms with Gasteiger partial charge < -0.3 is 4.43 Å². The number of aryl methyl sites for hydroxylation is 1. The molecule has 5 rings (SSSR count). The Morgan fingerprint density at radius 1 is 0.636 bits per heavy atom. The predicted molar refractivity (Wildman–Crippen MR) is 190 cm³/mol. The quantitative estimate of drug-likeness (QED) is 0.0716. The summed E-state index contributed by atoms with van der Waals surface area (Å²) in [4.78, 5) is 0. The first-order chi connectivity index (χ1) is 21.4. The zero-order chi connectivity index (χ0) is 30.8. The van der Waals surface area contributed by atoms with E-state index in [0.29, 0.717) is 0 Å². The number of hydrogen-bond donors (Lipinski definition) is 0. The van der Waals surface area contributed by atoms with Crippen LogP contribution in [0.5, 0.6) is 0 Å². The predicted octanol–water partition coefficient (Wildman–Crippen LogP) is 8.30. The van der Waals surface area contributed by atoms with Gasteiger partial charge in [-0.25, -0.2) is 0 Å². The summed E-state index contributed by atoms with van der Waals surface area (Å²) in [7, 11) is -3.02. The summed E-state index contributed by atoms with van der Waals surface area (Å²) in [5.74, 6) is 0.187. The van der Waals surface area contributed by atoms with Crippen LogP contribution in [0.1, 0.15) is 31.4 Å². The van der Waals surface area contributed by atoms with Crippen LogP contribution in [0, 0.1) is 11.3 Å². The number of hydrogen-bond acceptors (Lipinski definition) is 1. The van der Waals surface area contributed by atoms with E-state index in [0.717, 1.165) is 24.8 Å². The first-order valence-electron chi connectivity index (χ1n) is 15.7. The van der Waals surface area contributed by atoms with Crippen molar-refractivity contribution >= 4 is 23.9 Å². The monoisotopic (exact) mass is 592 g/mol. The van der Waals surface area contributed by atoms with Crippen LogP contribution in [0.15, 0.2) is 176 Å². The van der Waals surface area contributed by atoms with Crippen LogP contribution in [0.4, 0.5) is 0 Å². The molecular weight excluding hydrogens is 549 g/mol. The molecule has 0 fully saturated rings. The lowest BCUT2D eigenvalue weighted by molar-refractivity contribution is 0.143. The third-order valence-electron chi connectivity index (χ3n) is 8.94. The lowest BCUT2D eigenvalue weighted by Gasteiger charge is -2.43. The SMILES string of the molecule is C=CC(C)(C)C(=C)C(O[Si](c1ccccc1)(c1ccccc1)c1ccccc1)C(CCc1ccccc1)Cc1ccccc1. The Balaban J connectivity index is 1.71. The van der Waals surface area contributed by atoms with Crippen molar-refractivity contribution < 1.29 is 4.43 Å². The molecular formula is C42H44OSi. The minimum atomic E-state index is -3.02. The molecule has 0 spiro atoms. The largest absolute Gasteiger partial charge is 0.397 e. The number of rotatable bonds is 14. The summed E-state index contributed by atoms with van der Waals surface area (Å²) < 4.78 is 7.96. The Labute approximate surface area is 265 Å². The first kappa shape index (κ1) is 31.2. The van der Waals surface area contributed by atoms with Crippen LogP contribution < -0.4 is 15.6 Å². The van der Waals surface area contributed by atoms with Crippen LogP contribution in [0.2, 0.25) is 0 Å². The fourth-order valence-corrected chi connectivity index (χ4v) is 10.2. The molecule has 0 saturated heterocycles. The standard InChI is InChI=1S/C42H44OSi/c1-5-42(3,4)34(2)41(37(33-36-23-13-7-14-24-36)32-31-35-21-11-6-12-22-35)43-44(38-25-15-8-16-26-38,39-27-17-9-18-28-39)40-29-19-10-20-30-40/h5-30,37,41H,1-2,31-33H2,3-4H3. The summed E-state index contributed by atoms with van der Waals surface area (Å²) >= 11 is 0. The summed E-state index contributed by atoms with van der Waals surface area (Å²) in [6.45, 7) is 13.5. The molecule has 0 heterocycles. The van der Waals surface area contributed by atoms with E-state index in [2.05, 4.69) is 172 Å². The van der Waals surface area contributed by atoms with Gasteiger partial charge in [0.1, 0.15) is 0 Å². The molecule has 2 heteroatoms. The molecule has 0 aliphatic heterocycles. The number of allylic oxidation sites excluding steroid dienone is 1. The van der Waals surface area contributed by atoms with Crippen LogP contribution in [-0.4, -0.2) is 14.4 Å². The van der Waals surface area contributed by atoms with Crippen molar-refractivity contribution in [2.24, 2.45) is 11.3 Å². The van der Waals surface area contributed by atoms with E-state index in [9.17, 15) is 0 Å². The normalized spacial score (nSPS) is 13.1. The molecule has 0 bridgehead atoms. The molecule has 0 aliphatic carbocycles. The van der Waals surface area contributed by atoms with Gasteiger partial charge in [-0.15, -0.1) is 6.58 Å². The van der Waals surface area contributed by atoms with E-state index in [4.69, 9.17) is 11.0 Å². The third-order valence-corrected chi connectivity index (χ3v) is 13.0. The molecule has 44 heavy (non-hydrogen) atoms. The van der Waals surface area contributed by atoms with Crippen molar-refractivity contribution in [3.63, 3.8) is 0 Å². The van der Waals surface area contributed by atoms with E-state index >= 15 is 0 Å². The van der Waals surface area contributed by atoms with Crippen molar-refractivity contribution in [2.45, 2.75) is 39.2 Å². The van der Waals surface area contributed by atoms with E-state index in [1.54, 1.807) is 0 Å². The summed E-state index contributed by atoms with van der Waals surface area (Å²) in [6.07, 6.45) is 4.64. The van der Waals surface area contributed by atoms with Crippen molar-refractivity contribution in [3.8, 4) is 0 Å². The molecule has 0 amide bonds. The highest BCUT2D eigenvalue weighted by Gasteiger charge is 2.46. The highest BCUT2D eigenvalue weighted by Crippen LogP contribution is 2.37. The van der Waals surface area contributed by atoms with E-state index in [1.165, 1.54) is 26.7 Å². The van der Waals surface area contributed by atoms with Crippen LogP contribution in [0.3, 0.4) is 0 Å². The Bertz CT molecular complexity index is 1500. The van der Waals surface area contributed by atoms with Crippen molar-refractivity contribution in [1.29, 1.82) is 0 Å². The molecule has 0 saturated carbocycles. The lowest BCUT2D eigenvalue weighted by atomic mass is 9.76. The first-order valence-corrected chi connectivity index (χ1v) is 17.6. The van der Waals surface area contributed by atoms with Crippen molar-refractivity contribution in [2.75, 3.05) is 0 Å². The van der Waals surface area contributed by atoms with Gasteiger partial charge >= 0.3 is 0 Å². The lowest BCUT2D eigenvalue weighted by Crippen LogP contribution is -2.71. The molecule has 2 atom stereocenters. The van der Waals surface area contributed by atoms with Gasteiger partial charge in [-0.05, 0) is 57.4 Å². The van der Waals surface area contributed by atoms with Gasteiger partial charge in [-0.1, -0.05) is 178 Å². The number of benzene rings is 5. The topological polar surface area (TPSA) is 9.23 Å². The van der Waals surface area contributed by atoms with Gasteiger partial charge in [0.2, 0.25) is 0 Å². The molecule has 5 aromatic rings. The highest BCUT2D eigenvalue weighted by molar-refractivity contribution is 7.07. The molecule has 222 valence electrons. The average molecular weight is 593 g/mol. The molecule has 2 unspecified atom stereocenters. The molecule has 0 aliphatic rings. The second-order valence-electron chi connectivity index (χ2n) is 12.2. The second kappa shape index (κ2) is 14.5. The third kappa shape index (κ3) is 7.10. The van der Waals surface area contributed by atoms with Crippen LogP contribution in [0.25, 0.3) is 0 Å². The van der Waals surface area contributed by atoms with Gasteiger partial charge in [0, 0.05) is 5.41 Å². The Morgan fingerprint density at radius 2 is 1.02 bits per heavy atom. The Hall–Kier alpha value is -4.24. The van der Waals surface area contributed by atoms with Gasteiger partial charge in [0.15, 0.2) is 0 Å². The fourth-order valence-electron chi connectivity index (χ4n) is 6.14. The molecule has 0 aromatic heterocycles. The van der Waals surface area contributed by atoms with Gasteiger partial charge in [-0.2, -0.15) is 0 Å². The molecule has 0 N–H and O–H groups in total. The maximum Gasteiger partial charge on any atom is 0.288 e. The Kier molecular flexibility index (Phi) is 10.3. The molecule has 0 radical (unpaired) electrons. The van der Waals surface area contributed by atoms with Crippen LogP contribution in [-0.2, 0) is 17.3 Å². The Morgan fingerprint density at radius 3 is 1.43 bits per heavy atom. The molecule has 1 nitrogen and oxygen atoms in total. The fraction of sp³-hybridized carbons (Fsp3) is 0.190. The average Bonchev–Trinajstić information content (AvgIpc) is 3.09. The maximum atomic E-state index is 7.96. The highest BCUT2D eigenvalue weighted by atomic mass is 28.4. The summed E-state index contributed by atoms with van der Waals surface area (Å²) in [5, 5.41) is 3.69.